The molecule has 0 bridgehead atoms. The van der Waals surface area contributed by atoms with Crippen LogP contribution in [0.15, 0.2) is 24.3 Å². The van der Waals surface area contributed by atoms with E-state index in [-0.39, 0.29) is 6.04 Å². The maximum Gasteiger partial charge on any atom is 0.123 e. The minimum Gasteiger partial charge on any atom is -0.496 e. The number of nitrogens with two attached hydrogens (primary N) is 1. The molecular formula is C14H22N2O. The number of nitrogens with one attached hydrogen (secondary N) is 1. The quantitative estimate of drug-likeness (QED) is 0.821. The molecule has 3 heteroatoms. The number of hydrogen-bond donors (Lipinski definition) is 2. The van der Waals surface area contributed by atoms with E-state index < -0.39 is 0 Å². The van der Waals surface area contributed by atoms with Crippen molar-refractivity contribution in [3.8, 4) is 5.75 Å². The van der Waals surface area contributed by atoms with Crippen molar-refractivity contribution in [3.63, 3.8) is 0 Å². The average molecular weight is 234 g/mol. The van der Waals surface area contributed by atoms with Gasteiger partial charge in [-0.2, -0.15) is 0 Å². The highest BCUT2D eigenvalue weighted by atomic mass is 16.5. The Balaban J connectivity index is 2.10. The first-order valence-corrected chi connectivity index (χ1v) is 6.44. The number of rotatable bonds is 5. The van der Waals surface area contributed by atoms with Crippen molar-refractivity contribution in [2.24, 2.45) is 5.73 Å². The Morgan fingerprint density at radius 2 is 2.06 bits per heavy atom. The van der Waals surface area contributed by atoms with Crippen LogP contribution in [0.2, 0.25) is 0 Å². The fraction of sp³-hybridized carbons (Fsp3) is 0.571. The standard InChI is InChI=1S/C14H22N2O/c1-17-14-9-5-4-8-12(14)13(10-15)16-11-6-2-3-7-11/h4-5,8-9,11,13,16H,2-3,6-7,10,15H2,1H3. The molecule has 0 spiro atoms. The zero-order chi connectivity index (χ0) is 12.1. The first kappa shape index (κ1) is 12.4. The third kappa shape index (κ3) is 2.99. The number of ether oxygens (including phenoxy) is 1. The Kier molecular flexibility index (Phi) is 4.40. The van der Waals surface area contributed by atoms with E-state index >= 15 is 0 Å². The van der Waals surface area contributed by atoms with Crippen LogP contribution < -0.4 is 15.8 Å². The van der Waals surface area contributed by atoms with Gasteiger partial charge in [0, 0.05) is 24.2 Å². The molecule has 1 fully saturated rings. The summed E-state index contributed by atoms with van der Waals surface area (Å²) in [6, 6.07) is 8.94. The van der Waals surface area contributed by atoms with Gasteiger partial charge in [-0.25, -0.2) is 0 Å². The van der Waals surface area contributed by atoms with Crippen molar-refractivity contribution in [2.75, 3.05) is 13.7 Å². The van der Waals surface area contributed by atoms with Crippen molar-refractivity contribution in [3.05, 3.63) is 29.8 Å². The Morgan fingerprint density at radius 3 is 2.71 bits per heavy atom. The first-order valence-electron chi connectivity index (χ1n) is 6.44. The van der Waals surface area contributed by atoms with Gasteiger partial charge in [-0.15, -0.1) is 0 Å². The monoisotopic (exact) mass is 234 g/mol. The molecule has 1 aromatic rings. The summed E-state index contributed by atoms with van der Waals surface area (Å²) in [6.07, 6.45) is 5.21. The van der Waals surface area contributed by atoms with Crippen LogP contribution in [0, 0.1) is 0 Å². The second kappa shape index (κ2) is 6.03. The Morgan fingerprint density at radius 1 is 1.35 bits per heavy atom. The summed E-state index contributed by atoms with van der Waals surface area (Å²) < 4.78 is 5.40. The molecule has 1 saturated carbocycles. The van der Waals surface area contributed by atoms with E-state index in [2.05, 4.69) is 11.4 Å². The Hall–Kier alpha value is -1.06. The van der Waals surface area contributed by atoms with Gasteiger partial charge in [0.1, 0.15) is 5.75 Å². The van der Waals surface area contributed by atoms with Crippen LogP contribution in [0.5, 0.6) is 5.75 Å². The van der Waals surface area contributed by atoms with E-state index in [9.17, 15) is 0 Å². The predicted molar refractivity (Wildman–Crippen MR) is 70.2 cm³/mol. The second-order valence-electron chi connectivity index (χ2n) is 4.68. The molecule has 17 heavy (non-hydrogen) atoms. The number of benzene rings is 1. The van der Waals surface area contributed by atoms with Gasteiger partial charge < -0.3 is 15.8 Å². The van der Waals surface area contributed by atoms with Crippen LogP contribution in [0.4, 0.5) is 0 Å². The summed E-state index contributed by atoms with van der Waals surface area (Å²) in [5.74, 6) is 0.924. The molecule has 1 aliphatic carbocycles. The molecule has 3 nitrogen and oxygen atoms in total. The normalized spacial score (nSPS) is 18.2. The van der Waals surface area contributed by atoms with E-state index in [4.69, 9.17) is 10.5 Å². The molecule has 2 rings (SSSR count). The Labute approximate surface area is 103 Å². The number of para-hydroxylation sites is 1. The third-order valence-corrected chi connectivity index (χ3v) is 3.54. The summed E-state index contributed by atoms with van der Waals surface area (Å²) in [5, 5.41) is 3.65. The highest BCUT2D eigenvalue weighted by Gasteiger charge is 2.21. The molecule has 94 valence electrons. The molecule has 0 aliphatic heterocycles. The summed E-state index contributed by atoms with van der Waals surface area (Å²) in [6.45, 7) is 0.608. The van der Waals surface area contributed by atoms with Crippen molar-refractivity contribution in [1.29, 1.82) is 0 Å². The lowest BCUT2D eigenvalue weighted by Gasteiger charge is -2.23. The number of methoxy groups -OCH3 is 1. The lowest BCUT2D eigenvalue weighted by Crippen LogP contribution is -2.35. The summed E-state index contributed by atoms with van der Waals surface area (Å²) in [4.78, 5) is 0. The molecule has 0 saturated heterocycles. The number of hydrogen-bond acceptors (Lipinski definition) is 3. The van der Waals surface area contributed by atoms with Gasteiger partial charge in [0.25, 0.3) is 0 Å². The zero-order valence-electron chi connectivity index (χ0n) is 10.5. The molecule has 1 aliphatic rings. The van der Waals surface area contributed by atoms with E-state index in [1.807, 2.05) is 18.2 Å². The second-order valence-corrected chi connectivity index (χ2v) is 4.68. The molecule has 1 aromatic carbocycles. The molecule has 0 aromatic heterocycles. The third-order valence-electron chi connectivity index (χ3n) is 3.54. The van der Waals surface area contributed by atoms with Crippen LogP contribution in [-0.4, -0.2) is 19.7 Å². The van der Waals surface area contributed by atoms with Crippen molar-refractivity contribution < 1.29 is 4.74 Å². The van der Waals surface area contributed by atoms with Crippen LogP contribution in [0.1, 0.15) is 37.3 Å². The summed E-state index contributed by atoms with van der Waals surface area (Å²) in [7, 11) is 1.71. The van der Waals surface area contributed by atoms with Gasteiger partial charge >= 0.3 is 0 Å². The van der Waals surface area contributed by atoms with Gasteiger partial charge in [-0.3, -0.25) is 0 Å². The van der Waals surface area contributed by atoms with Crippen LogP contribution in [-0.2, 0) is 0 Å². The first-order chi connectivity index (χ1) is 8.35. The van der Waals surface area contributed by atoms with Crippen molar-refractivity contribution >= 4 is 0 Å². The summed E-state index contributed by atoms with van der Waals surface area (Å²) >= 11 is 0. The molecule has 3 N–H and O–H groups in total. The molecule has 0 radical (unpaired) electrons. The van der Waals surface area contributed by atoms with Gasteiger partial charge in [0.05, 0.1) is 7.11 Å². The molecule has 0 amide bonds. The predicted octanol–water partition coefficient (Wildman–Crippen LogP) is 2.23. The van der Waals surface area contributed by atoms with Gasteiger partial charge in [0.15, 0.2) is 0 Å². The summed E-state index contributed by atoms with van der Waals surface area (Å²) in [5.41, 5.74) is 7.06. The lowest BCUT2D eigenvalue weighted by molar-refractivity contribution is 0.388. The van der Waals surface area contributed by atoms with Crippen molar-refractivity contribution in [1.82, 2.24) is 5.32 Å². The maximum absolute atomic E-state index is 5.89. The van der Waals surface area contributed by atoms with E-state index in [0.29, 0.717) is 12.6 Å². The van der Waals surface area contributed by atoms with E-state index in [0.717, 1.165) is 5.75 Å². The topological polar surface area (TPSA) is 47.3 Å². The highest BCUT2D eigenvalue weighted by Crippen LogP contribution is 2.27. The minimum absolute atomic E-state index is 0.203. The Bertz CT molecular complexity index is 348. The van der Waals surface area contributed by atoms with Crippen LogP contribution in [0.25, 0.3) is 0 Å². The van der Waals surface area contributed by atoms with Gasteiger partial charge in [-0.05, 0) is 18.9 Å². The van der Waals surface area contributed by atoms with Gasteiger partial charge in [-0.1, -0.05) is 31.0 Å². The largest absolute Gasteiger partial charge is 0.496 e. The van der Waals surface area contributed by atoms with E-state index in [1.165, 1.54) is 31.2 Å². The van der Waals surface area contributed by atoms with E-state index in [1.54, 1.807) is 7.11 Å². The zero-order valence-corrected chi connectivity index (χ0v) is 10.5. The van der Waals surface area contributed by atoms with Crippen LogP contribution >= 0.6 is 0 Å². The fourth-order valence-electron chi connectivity index (χ4n) is 2.62. The maximum atomic E-state index is 5.89. The van der Waals surface area contributed by atoms with Gasteiger partial charge in [0.2, 0.25) is 0 Å². The molecular weight excluding hydrogens is 212 g/mol. The van der Waals surface area contributed by atoms with Crippen LogP contribution in [0.3, 0.4) is 0 Å². The molecule has 1 unspecified atom stereocenters. The lowest BCUT2D eigenvalue weighted by atomic mass is 10.0. The average Bonchev–Trinajstić information content (AvgIpc) is 2.89. The SMILES string of the molecule is COc1ccccc1C(CN)NC1CCCC1. The smallest absolute Gasteiger partial charge is 0.123 e. The van der Waals surface area contributed by atoms with Crippen molar-refractivity contribution in [2.45, 2.75) is 37.8 Å². The fourth-order valence-corrected chi connectivity index (χ4v) is 2.62. The molecule has 0 heterocycles. The molecule has 1 atom stereocenters. The highest BCUT2D eigenvalue weighted by molar-refractivity contribution is 5.36. The minimum atomic E-state index is 0.203.